The zero-order valence-corrected chi connectivity index (χ0v) is 16.3. The van der Waals surface area contributed by atoms with Crippen LogP contribution in [0.5, 0.6) is 5.75 Å². The molecule has 0 N–H and O–H groups in total. The fourth-order valence-corrected chi connectivity index (χ4v) is 3.27. The molecule has 2 aromatic carbocycles. The van der Waals surface area contributed by atoms with Crippen LogP contribution in [-0.2, 0) is 26.2 Å². The molecule has 0 spiro atoms. The summed E-state index contributed by atoms with van der Waals surface area (Å²) in [6.07, 6.45) is 5.43. The molecule has 0 saturated carbocycles. The third kappa shape index (κ3) is 5.80. The van der Waals surface area contributed by atoms with E-state index in [1.165, 1.54) is 11.1 Å². The minimum absolute atomic E-state index is 0.566. The molecule has 0 saturated heterocycles. The molecule has 0 bridgehead atoms. The van der Waals surface area contributed by atoms with Crippen LogP contribution in [0.1, 0.15) is 22.5 Å². The fourth-order valence-electron chi connectivity index (χ4n) is 3.27. The number of hydrogen-bond acceptors (Lipinski definition) is 4. The second-order valence-electron chi connectivity index (χ2n) is 7.01. The first-order valence-corrected chi connectivity index (χ1v) is 9.74. The Balaban J connectivity index is 1.44. The first kappa shape index (κ1) is 19.0. The number of benzene rings is 2. The molecule has 4 nitrogen and oxygen atoms in total. The van der Waals surface area contributed by atoms with Gasteiger partial charge in [0.05, 0.1) is 12.8 Å². The van der Waals surface area contributed by atoms with Crippen LogP contribution in [0, 0.1) is 0 Å². The lowest BCUT2D eigenvalue weighted by Gasteiger charge is -2.21. The van der Waals surface area contributed by atoms with Gasteiger partial charge in [0.15, 0.2) is 0 Å². The summed E-state index contributed by atoms with van der Waals surface area (Å²) < 4.78 is 11.6. The second kappa shape index (κ2) is 9.71. The Labute approximate surface area is 171 Å². The number of aromatic nitrogens is 1. The maximum absolute atomic E-state index is 5.99. The minimum atomic E-state index is 0.566. The highest BCUT2D eigenvalue weighted by Gasteiger charge is 2.11. The lowest BCUT2D eigenvalue weighted by atomic mass is 10.1. The molecular formula is C25H24N2O2. The Morgan fingerprint density at radius 1 is 0.759 bits per heavy atom. The summed E-state index contributed by atoms with van der Waals surface area (Å²) in [6.45, 7) is 2.88. The molecule has 29 heavy (non-hydrogen) atoms. The number of hydrogen-bond donors (Lipinski definition) is 0. The smallest absolute Gasteiger partial charge is 0.120 e. The highest BCUT2D eigenvalue weighted by molar-refractivity contribution is 5.29. The van der Waals surface area contributed by atoms with Crippen molar-refractivity contribution >= 4 is 0 Å². The van der Waals surface area contributed by atoms with Gasteiger partial charge < -0.3 is 9.15 Å². The monoisotopic (exact) mass is 384 g/mol. The third-order valence-corrected chi connectivity index (χ3v) is 4.64. The molecule has 2 aromatic heterocycles. The van der Waals surface area contributed by atoms with Gasteiger partial charge in [-0.25, -0.2) is 0 Å². The van der Waals surface area contributed by atoms with Crippen LogP contribution in [0.2, 0.25) is 0 Å². The van der Waals surface area contributed by atoms with Crippen molar-refractivity contribution in [2.75, 3.05) is 0 Å². The number of rotatable bonds is 9. The van der Waals surface area contributed by atoms with E-state index in [0.717, 1.165) is 36.7 Å². The van der Waals surface area contributed by atoms with Crippen LogP contribution in [0.15, 0.2) is 102 Å². The molecule has 2 heterocycles. The van der Waals surface area contributed by atoms with E-state index < -0.39 is 0 Å². The van der Waals surface area contributed by atoms with Crippen molar-refractivity contribution in [3.05, 3.63) is 120 Å². The van der Waals surface area contributed by atoms with E-state index in [2.05, 4.69) is 40.2 Å². The second-order valence-corrected chi connectivity index (χ2v) is 7.01. The Kier molecular flexibility index (Phi) is 6.35. The molecule has 0 aliphatic carbocycles. The van der Waals surface area contributed by atoms with Gasteiger partial charge >= 0.3 is 0 Å². The Hall–Kier alpha value is -3.37. The average molecular weight is 384 g/mol. The van der Waals surface area contributed by atoms with Crippen LogP contribution in [0.3, 0.4) is 0 Å². The summed E-state index contributed by atoms with van der Waals surface area (Å²) in [7, 11) is 0. The largest absolute Gasteiger partial charge is 0.489 e. The zero-order valence-electron chi connectivity index (χ0n) is 16.3. The van der Waals surface area contributed by atoms with Crippen LogP contribution in [-0.4, -0.2) is 9.88 Å². The van der Waals surface area contributed by atoms with Gasteiger partial charge in [0, 0.05) is 25.5 Å². The van der Waals surface area contributed by atoms with Crippen molar-refractivity contribution in [1.82, 2.24) is 9.88 Å². The van der Waals surface area contributed by atoms with E-state index in [0.29, 0.717) is 6.61 Å². The van der Waals surface area contributed by atoms with Gasteiger partial charge in [0.1, 0.15) is 18.1 Å². The Morgan fingerprint density at radius 3 is 2.38 bits per heavy atom. The third-order valence-electron chi connectivity index (χ3n) is 4.64. The van der Waals surface area contributed by atoms with Crippen molar-refractivity contribution in [2.24, 2.45) is 0 Å². The van der Waals surface area contributed by atoms with E-state index in [4.69, 9.17) is 9.15 Å². The van der Waals surface area contributed by atoms with Crippen molar-refractivity contribution in [2.45, 2.75) is 26.2 Å². The molecule has 4 aromatic rings. The van der Waals surface area contributed by atoms with Gasteiger partial charge in [0.25, 0.3) is 0 Å². The molecule has 0 aliphatic heterocycles. The summed E-state index contributed by atoms with van der Waals surface area (Å²) in [5.74, 6) is 1.83. The maximum Gasteiger partial charge on any atom is 0.120 e. The van der Waals surface area contributed by atoms with Gasteiger partial charge in [-0.15, -0.1) is 0 Å². The van der Waals surface area contributed by atoms with Crippen molar-refractivity contribution in [3.63, 3.8) is 0 Å². The Morgan fingerprint density at radius 2 is 1.59 bits per heavy atom. The van der Waals surface area contributed by atoms with Crippen molar-refractivity contribution in [3.8, 4) is 5.75 Å². The fraction of sp³-hybridized carbons (Fsp3) is 0.160. The van der Waals surface area contributed by atoms with Crippen LogP contribution < -0.4 is 4.74 Å². The number of nitrogens with zero attached hydrogens (tertiary/aromatic N) is 2. The molecule has 4 heteroatoms. The standard InChI is InChI=1S/C25H24N2O2/c1-2-7-21(8-3-1)20-29-24-11-4-9-22(15-24)17-27(19-25-12-6-14-28-25)18-23-10-5-13-26-16-23/h1-16H,17-20H2. The first-order chi connectivity index (χ1) is 14.3. The van der Waals surface area contributed by atoms with Gasteiger partial charge in [-0.1, -0.05) is 48.5 Å². The molecule has 0 atom stereocenters. The van der Waals surface area contributed by atoms with E-state index in [-0.39, 0.29) is 0 Å². The van der Waals surface area contributed by atoms with Crippen molar-refractivity contribution in [1.29, 1.82) is 0 Å². The molecule has 0 radical (unpaired) electrons. The first-order valence-electron chi connectivity index (χ1n) is 9.74. The van der Waals surface area contributed by atoms with Crippen LogP contribution >= 0.6 is 0 Å². The van der Waals surface area contributed by atoms with Gasteiger partial charge in [-0.3, -0.25) is 9.88 Å². The molecule has 0 aliphatic rings. The number of ether oxygens (including phenoxy) is 1. The van der Waals surface area contributed by atoms with E-state index in [1.54, 1.807) is 12.5 Å². The SMILES string of the molecule is c1ccc(COc2cccc(CN(Cc3cccnc3)Cc3ccco3)c2)cc1. The predicted octanol–water partition coefficient (Wildman–Crippen LogP) is 5.46. The average Bonchev–Trinajstić information content (AvgIpc) is 3.27. The molecule has 146 valence electrons. The summed E-state index contributed by atoms with van der Waals surface area (Å²) in [5, 5.41) is 0. The van der Waals surface area contributed by atoms with Crippen LogP contribution in [0.4, 0.5) is 0 Å². The highest BCUT2D eigenvalue weighted by atomic mass is 16.5. The Bertz CT molecular complexity index is 986. The summed E-state index contributed by atoms with van der Waals surface area (Å²) >= 11 is 0. The van der Waals surface area contributed by atoms with E-state index in [9.17, 15) is 0 Å². The van der Waals surface area contributed by atoms with E-state index >= 15 is 0 Å². The van der Waals surface area contributed by atoms with Crippen LogP contribution in [0.25, 0.3) is 0 Å². The summed E-state index contributed by atoms with van der Waals surface area (Å²) in [6, 6.07) is 26.5. The summed E-state index contributed by atoms with van der Waals surface area (Å²) in [5.41, 5.74) is 3.54. The molecule has 0 amide bonds. The van der Waals surface area contributed by atoms with Gasteiger partial charge in [-0.05, 0) is 47.0 Å². The number of pyridine rings is 1. The topological polar surface area (TPSA) is 38.5 Å². The molecule has 4 rings (SSSR count). The highest BCUT2D eigenvalue weighted by Crippen LogP contribution is 2.19. The minimum Gasteiger partial charge on any atom is -0.489 e. The van der Waals surface area contributed by atoms with Crippen molar-refractivity contribution < 1.29 is 9.15 Å². The summed E-state index contributed by atoms with van der Waals surface area (Å²) in [4.78, 5) is 6.58. The molecule has 0 fully saturated rings. The normalized spacial score (nSPS) is 10.9. The zero-order chi connectivity index (χ0) is 19.7. The lowest BCUT2D eigenvalue weighted by molar-refractivity contribution is 0.226. The lowest BCUT2D eigenvalue weighted by Crippen LogP contribution is -2.22. The molecule has 0 unspecified atom stereocenters. The maximum atomic E-state index is 5.99. The number of furan rings is 1. The van der Waals surface area contributed by atoms with Gasteiger partial charge in [0.2, 0.25) is 0 Å². The van der Waals surface area contributed by atoms with E-state index in [1.807, 2.05) is 54.7 Å². The van der Waals surface area contributed by atoms with Gasteiger partial charge in [-0.2, -0.15) is 0 Å². The predicted molar refractivity (Wildman–Crippen MR) is 113 cm³/mol. The molecular weight excluding hydrogens is 360 g/mol. The quantitative estimate of drug-likeness (QED) is 0.384.